The molecule has 0 bridgehead atoms. The van der Waals surface area contributed by atoms with Gasteiger partial charge in [0.05, 0.1) is 0 Å². The highest BCUT2D eigenvalue weighted by Gasteiger charge is 2.25. The van der Waals surface area contributed by atoms with Crippen LogP contribution in [0.25, 0.3) is 11.4 Å². The molecule has 0 saturated carbocycles. The molecule has 1 atom stereocenters. The maximum absolute atomic E-state index is 12.7. The van der Waals surface area contributed by atoms with Crippen LogP contribution in [0, 0.1) is 12.8 Å². The van der Waals surface area contributed by atoms with Crippen LogP contribution in [-0.2, 0) is 17.8 Å². The van der Waals surface area contributed by atoms with Crippen LogP contribution in [-0.4, -0.2) is 43.6 Å². The second kappa shape index (κ2) is 9.11. The SMILES string of the molecule is Cc1ccccc1-c1noc(C[C@H]2CCCN(C(=O)CCn3ccc(=O)[nH]c3=O)C2)n1. The number of H-pyrrole nitrogens is 1. The lowest BCUT2D eigenvalue weighted by molar-refractivity contribution is -0.133. The van der Waals surface area contributed by atoms with Gasteiger partial charge < -0.3 is 14.0 Å². The molecule has 1 aliphatic rings. The fraction of sp³-hybridized carbons (Fsp3) is 0.409. The highest BCUT2D eigenvalue weighted by Crippen LogP contribution is 2.24. The molecule has 1 N–H and O–H groups in total. The van der Waals surface area contributed by atoms with Crippen molar-refractivity contribution in [3.8, 4) is 11.4 Å². The second-order valence-corrected chi connectivity index (χ2v) is 7.93. The smallest absolute Gasteiger partial charge is 0.328 e. The van der Waals surface area contributed by atoms with E-state index in [1.807, 2.05) is 36.1 Å². The van der Waals surface area contributed by atoms with Gasteiger partial charge in [-0.25, -0.2) is 4.79 Å². The van der Waals surface area contributed by atoms with Crippen LogP contribution in [0.3, 0.4) is 0 Å². The third-order valence-corrected chi connectivity index (χ3v) is 5.65. The van der Waals surface area contributed by atoms with Gasteiger partial charge in [0, 0.05) is 50.3 Å². The van der Waals surface area contributed by atoms with Gasteiger partial charge in [-0.1, -0.05) is 29.4 Å². The van der Waals surface area contributed by atoms with Gasteiger partial charge in [0.2, 0.25) is 17.6 Å². The number of likely N-dealkylation sites (tertiary alicyclic amines) is 1. The van der Waals surface area contributed by atoms with E-state index in [1.165, 1.54) is 16.8 Å². The number of nitrogens with zero attached hydrogens (tertiary/aromatic N) is 4. The first-order valence-electron chi connectivity index (χ1n) is 10.5. The Kier molecular flexibility index (Phi) is 6.11. The van der Waals surface area contributed by atoms with Gasteiger partial charge in [-0.3, -0.25) is 14.6 Å². The molecule has 0 radical (unpaired) electrons. The van der Waals surface area contributed by atoms with Crippen molar-refractivity contribution in [1.29, 1.82) is 0 Å². The normalized spacial score (nSPS) is 16.4. The zero-order chi connectivity index (χ0) is 21.8. The van der Waals surface area contributed by atoms with Crippen molar-refractivity contribution < 1.29 is 9.32 Å². The first-order valence-corrected chi connectivity index (χ1v) is 10.5. The summed E-state index contributed by atoms with van der Waals surface area (Å²) in [5.74, 6) is 1.41. The lowest BCUT2D eigenvalue weighted by Crippen LogP contribution is -2.41. The molecule has 3 aromatic rings. The van der Waals surface area contributed by atoms with Gasteiger partial charge in [-0.05, 0) is 31.2 Å². The molecule has 162 valence electrons. The number of hydrogen-bond donors (Lipinski definition) is 1. The van der Waals surface area contributed by atoms with E-state index in [2.05, 4.69) is 15.1 Å². The summed E-state index contributed by atoms with van der Waals surface area (Å²) in [6, 6.07) is 9.18. The van der Waals surface area contributed by atoms with Crippen molar-refractivity contribution in [2.24, 2.45) is 5.92 Å². The van der Waals surface area contributed by atoms with E-state index in [4.69, 9.17) is 4.52 Å². The van der Waals surface area contributed by atoms with Crippen molar-refractivity contribution in [3.05, 3.63) is 68.8 Å². The maximum atomic E-state index is 12.7. The first kappa shape index (κ1) is 20.8. The topological polar surface area (TPSA) is 114 Å². The molecule has 4 rings (SSSR count). The Morgan fingerprint density at radius 1 is 1.26 bits per heavy atom. The van der Waals surface area contributed by atoms with Crippen LogP contribution in [0.1, 0.15) is 30.7 Å². The Bertz CT molecular complexity index is 1180. The summed E-state index contributed by atoms with van der Waals surface area (Å²) in [4.78, 5) is 44.2. The van der Waals surface area contributed by atoms with Crippen LogP contribution >= 0.6 is 0 Å². The van der Waals surface area contributed by atoms with E-state index < -0.39 is 11.2 Å². The van der Waals surface area contributed by atoms with Crippen LogP contribution in [0.4, 0.5) is 0 Å². The molecule has 1 aliphatic heterocycles. The molecule has 9 heteroatoms. The fourth-order valence-electron chi connectivity index (χ4n) is 3.97. The number of aryl methyl sites for hydroxylation is 2. The summed E-state index contributed by atoms with van der Waals surface area (Å²) in [7, 11) is 0. The van der Waals surface area contributed by atoms with Crippen LogP contribution < -0.4 is 11.2 Å². The average Bonchev–Trinajstić information content (AvgIpc) is 3.21. The maximum Gasteiger partial charge on any atom is 0.328 e. The Morgan fingerprint density at radius 2 is 2.10 bits per heavy atom. The molecule has 2 aromatic heterocycles. The third-order valence-electron chi connectivity index (χ3n) is 5.65. The minimum atomic E-state index is -0.502. The number of carbonyl (C=O) groups is 1. The van der Waals surface area contributed by atoms with Gasteiger partial charge in [-0.15, -0.1) is 0 Å². The molecule has 0 aliphatic carbocycles. The standard InChI is InChI=1S/C22H25N5O4/c1-15-5-2-3-7-17(15)21-24-19(31-25-21)13-16-6-4-10-27(14-16)20(29)9-12-26-11-8-18(28)23-22(26)30/h2-3,5,7-8,11,16H,4,6,9-10,12-14H2,1H3,(H,23,28,30)/t16-/m1/s1. The van der Waals surface area contributed by atoms with E-state index in [9.17, 15) is 14.4 Å². The predicted molar refractivity (Wildman–Crippen MR) is 113 cm³/mol. The molecular formula is C22H25N5O4. The summed E-state index contributed by atoms with van der Waals surface area (Å²) in [5.41, 5.74) is 1.09. The highest BCUT2D eigenvalue weighted by atomic mass is 16.5. The molecule has 9 nitrogen and oxygen atoms in total. The minimum absolute atomic E-state index is 0.00562. The predicted octanol–water partition coefficient (Wildman–Crippen LogP) is 1.77. The third kappa shape index (κ3) is 4.99. The molecule has 3 heterocycles. The highest BCUT2D eigenvalue weighted by molar-refractivity contribution is 5.76. The number of piperidine rings is 1. The van der Waals surface area contributed by atoms with E-state index >= 15 is 0 Å². The van der Waals surface area contributed by atoms with E-state index in [0.717, 1.165) is 24.0 Å². The second-order valence-electron chi connectivity index (χ2n) is 7.93. The summed E-state index contributed by atoms with van der Waals surface area (Å²) in [5, 5.41) is 4.12. The molecule has 1 saturated heterocycles. The van der Waals surface area contributed by atoms with Crippen LogP contribution in [0.15, 0.2) is 50.6 Å². The van der Waals surface area contributed by atoms with Crippen molar-refractivity contribution in [2.45, 2.75) is 39.2 Å². The van der Waals surface area contributed by atoms with Gasteiger partial charge in [0.1, 0.15) is 0 Å². The van der Waals surface area contributed by atoms with Crippen molar-refractivity contribution in [2.75, 3.05) is 13.1 Å². The Labute approximate surface area is 178 Å². The Morgan fingerprint density at radius 3 is 2.90 bits per heavy atom. The van der Waals surface area contributed by atoms with Gasteiger partial charge in [-0.2, -0.15) is 4.98 Å². The Balaban J connectivity index is 1.34. The molecule has 0 unspecified atom stereocenters. The summed E-state index contributed by atoms with van der Waals surface area (Å²) >= 11 is 0. The lowest BCUT2D eigenvalue weighted by atomic mass is 9.94. The number of amides is 1. The lowest BCUT2D eigenvalue weighted by Gasteiger charge is -2.32. The van der Waals surface area contributed by atoms with E-state index in [1.54, 1.807) is 0 Å². The van der Waals surface area contributed by atoms with Crippen molar-refractivity contribution in [3.63, 3.8) is 0 Å². The zero-order valence-corrected chi connectivity index (χ0v) is 17.4. The van der Waals surface area contributed by atoms with Crippen molar-refractivity contribution in [1.82, 2.24) is 24.6 Å². The first-order chi connectivity index (χ1) is 15.0. The number of benzene rings is 1. The molecule has 1 aromatic carbocycles. The minimum Gasteiger partial charge on any atom is -0.342 e. The van der Waals surface area contributed by atoms with E-state index in [-0.39, 0.29) is 24.8 Å². The largest absolute Gasteiger partial charge is 0.342 e. The van der Waals surface area contributed by atoms with Crippen LogP contribution in [0.5, 0.6) is 0 Å². The zero-order valence-electron chi connectivity index (χ0n) is 17.4. The van der Waals surface area contributed by atoms with Gasteiger partial charge in [0.25, 0.3) is 5.56 Å². The quantitative estimate of drug-likeness (QED) is 0.646. The summed E-state index contributed by atoms with van der Waals surface area (Å²) in [6.07, 6.45) is 4.15. The number of aromatic amines is 1. The summed E-state index contributed by atoms with van der Waals surface area (Å²) < 4.78 is 6.81. The number of nitrogens with one attached hydrogen (secondary N) is 1. The van der Waals surface area contributed by atoms with Crippen molar-refractivity contribution >= 4 is 5.91 Å². The number of hydrogen-bond acceptors (Lipinski definition) is 6. The average molecular weight is 423 g/mol. The van der Waals surface area contributed by atoms with Crippen LogP contribution in [0.2, 0.25) is 0 Å². The monoisotopic (exact) mass is 423 g/mol. The molecule has 0 spiro atoms. The molecular weight excluding hydrogens is 398 g/mol. The molecule has 1 amide bonds. The number of carbonyl (C=O) groups excluding carboxylic acids is 1. The fourth-order valence-corrected chi connectivity index (χ4v) is 3.97. The summed E-state index contributed by atoms with van der Waals surface area (Å²) in [6.45, 7) is 3.58. The van der Waals surface area contributed by atoms with E-state index in [0.29, 0.717) is 31.2 Å². The molecule has 31 heavy (non-hydrogen) atoms. The number of aromatic nitrogens is 4. The molecule has 1 fully saturated rings. The van der Waals surface area contributed by atoms with Gasteiger partial charge in [0.15, 0.2) is 0 Å². The number of rotatable bonds is 6. The van der Waals surface area contributed by atoms with Gasteiger partial charge >= 0.3 is 5.69 Å². The Hall–Kier alpha value is -3.49.